The first-order valence-corrected chi connectivity index (χ1v) is 5.36. The van der Waals surface area contributed by atoms with Crippen LogP contribution in [0.15, 0.2) is 18.2 Å². The van der Waals surface area contributed by atoms with Crippen LogP contribution in [0.2, 0.25) is 5.02 Å². The van der Waals surface area contributed by atoms with Gasteiger partial charge in [0.25, 0.3) is 0 Å². The average Bonchev–Trinajstić information content (AvgIpc) is 2.03. The van der Waals surface area contributed by atoms with E-state index in [0.717, 1.165) is 9.13 Å². The minimum absolute atomic E-state index is 0.413. The maximum atomic E-state index is 9.28. The van der Waals surface area contributed by atoms with Crippen molar-refractivity contribution >= 4 is 34.2 Å². The molecule has 0 aliphatic heterocycles. The minimum Gasteiger partial charge on any atom is -0.391 e. The van der Waals surface area contributed by atoms with Crippen LogP contribution in [0.4, 0.5) is 0 Å². The molecule has 2 atom stereocenters. The van der Waals surface area contributed by atoms with Gasteiger partial charge in [-0.25, -0.2) is 0 Å². The molecule has 1 aromatic carbocycles. The summed E-state index contributed by atoms with van der Waals surface area (Å²) in [6, 6.07) is 5.19. The molecule has 0 heterocycles. The van der Waals surface area contributed by atoms with Gasteiger partial charge in [0.05, 0.1) is 12.1 Å². The van der Waals surface area contributed by atoms with E-state index in [1.165, 1.54) is 0 Å². The monoisotopic (exact) mass is 311 g/mol. The van der Waals surface area contributed by atoms with Crippen LogP contribution in [-0.4, -0.2) is 11.2 Å². The van der Waals surface area contributed by atoms with E-state index in [2.05, 4.69) is 22.6 Å². The third-order valence-corrected chi connectivity index (χ3v) is 2.84. The van der Waals surface area contributed by atoms with Gasteiger partial charge in [-0.1, -0.05) is 17.7 Å². The second kappa shape index (κ2) is 4.59. The Hall–Kier alpha value is 0.160. The molecule has 4 heteroatoms. The van der Waals surface area contributed by atoms with Crippen molar-refractivity contribution < 1.29 is 5.11 Å². The lowest BCUT2D eigenvalue weighted by Crippen LogP contribution is -2.23. The van der Waals surface area contributed by atoms with Crippen LogP contribution >= 0.6 is 34.2 Å². The summed E-state index contributed by atoms with van der Waals surface area (Å²) in [4.78, 5) is 0. The summed E-state index contributed by atoms with van der Waals surface area (Å²) >= 11 is 8.15. The molecule has 0 spiro atoms. The third-order valence-electron chi connectivity index (χ3n) is 1.84. The maximum absolute atomic E-state index is 9.28. The van der Waals surface area contributed by atoms with E-state index in [1.807, 2.05) is 18.2 Å². The molecule has 0 saturated carbocycles. The zero-order chi connectivity index (χ0) is 10.0. The van der Waals surface area contributed by atoms with E-state index >= 15 is 0 Å². The van der Waals surface area contributed by atoms with Crippen LogP contribution in [0.5, 0.6) is 0 Å². The highest BCUT2D eigenvalue weighted by Crippen LogP contribution is 2.25. The first-order valence-electron chi connectivity index (χ1n) is 3.91. The standard InChI is InChI=1S/C9H11ClINO/c1-5(13)9(12)7-3-2-6(11)4-8(7)10/h2-5,9,13H,12H2,1H3/t5-,9-/m0/s1. The summed E-state index contributed by atoms with van der Waals surface area (Å²) in [5, 5.41) is 9.89. The Morgan fingerprint density at radius 2 is 2.15 bits per heavy atom. The third kappa shape index (κ3) is 2.80. The first-order chi connectivity index (χ1) is 6.02. The van der Waals surface area contributed by atoms with Gasteiger partial charge in [0.2, 0.25) is 0 Å². The van der Waals surface area contributed by atoms with E-state index in [9.17, 15) is 5.11 Å². The van der Waals surface area contributed by atoms with Crippen LogP contribution in [0.3, 0.4) is 0 Å². The van der Waals surface area contributed by atoms with E-state index in [-0.39, 0.29) is 0 Å². The van der Waals surface area contributed by atoms with E-state index < -0.39 is 12.1 Å². The largest absolute Gasteiger partial charge is 0.391 e. The van der Waals surface area contributed by atoms with Gasteiger partial charge in [-0.15, -0.1) is 0 Å². The van der Waals surface area contributed by atoms with Crippen LogP contribution < -0.4 is 5.73 Å². The maximum Gasteiger partial charge on any atom is 0.0705 e. The Labute approximate surface area is 96.2 Å². The number of aliphatic hydroxyl groups excluding tert-OH is 1. The highest BCUT2D eigenvalue weighted by Gasteiger charge is 2.14. The zero-order valence-electron chi connectivity index (χ0n) is 7.17. The molecule has 0 aliphatic carbocycles. The molecule has 0 saturated heterocycles. The van der Waals surface area contributed by atoms with Crippen LogP contribution in [0.25, 0.3) is 0 Å². The van der Waals surface area contributed by atoms with Crippen molar-refractivity contribution in [3.8, 4) is 0 Å². The topological polar surface area (TPSA) is 46.2 Å². The Balaban J connectivity index is 3.01. The summed E-state index contributed by atoms with van der Waals surface area (Å²) < 4.78 is 1.06. The summed E-state index contributed by atoms with van der Waals surface area (Å²) in [5.74, 6) is 0. The molecule has 72 valence electrons. The quantitative estimate of drug-likeness (QED) is 0.824. The molecule has 0 bridgehead atoms. The van der Waals surface area contributed by atoms with E-state index in [1.54, 1.807) is 6.92 Å². The van der Waals surface area contributed by atoms with Crippen molar-refractivity contribution in [1.82, 2.24) is 0 Å². The van der Waals surface area contributed by atoms with Gasteiger partial charge in [0.15, 0.2) is 0 Å². The SMILES string of the molecule is C[C@H](O)[C@H](N)c1ccc(I)cc1Cl. The molecule has 0 aromatic heterocycles. The number of hydrogen-bond acceptors (Lipinski definition) is 2. The fourth-order valence-electron chi connectivity index (χ4n) is 1.03. The molecule has 3 N–H and O–H groups in total. The number of benzene rings is 1. The molecule has 0 aliphatic rings. The lowest BCUT2D eigenvalue weighted by Gasteiger charge is -2.16. The second-order valence-electron chi connectivity index (χ2n) is 2.93. The van der Waals surface area contributed by atoms with Crippen LogP contribution in [0, 0.1) is 3.57 Å². The van der Waals surface area contributed by atoms with Gasteiger partial charge in [-0.05, 0) is 47.2 Å². The molecule has 0 fully saturated rings. The van der Waals surface area contributed by atoms with Crippen molar-refractivity contribution in [3.05, 3.63) is 32.4 Å². The number of nitrogens with two attached hydrogens (primary N) is 1. The molecular weight excluding hydrogens is 300 g/mol. The van der Waals surface area contributed by atoms with Crippen molar-refractivity contribution in [2.45, 2.75) is 19.1 Å². The van der Waals surface area contributed by atoms with E-state index in [0.29, 0.717) is 5.02 Å². The molecule has 2 nitrogen and oxygen atoms in total. The molecule has 1 aromatic rings. The number of halogens is 2. The normalized spacial score (nSPS) is 15.5. The highest BCUT2D eigenvalue weighted by atomic mass is 127. The molecular formula is C9H11ClINO. The minimum atomic E-state index is -0.586. The first kappa shape index (κ1) is 11.2. The van der Waals surface area contributed by atoms with Crippen molar-refractivity contribution in [3.63, 3.8) is 0 Å². The Morgan fingerprint density at radius 1 is 1.54 bits per heavy atom. The number of aliphatic hydroxyl groups is 1. The Kier molecular flexibility index (Phi) is 3.97. The van der Waals surface area contributed by atoms with Gasteiger partial charge >= 0.3 is 0 Å². The van der Waals surface area contributed by atoms with E-state index in [4.69, 9.17) is 17.3 Å². The van der Waals surface area contributed by atoms with Gasteiger partial charge in [-0.3, -0.25) is 0 Å². The smallest absolute Gasteiger partial charge is 0.0705 e. The molecule has 1 rings (SSSR count). The van der Waals surface area contributed by atoms with Crippen molar-refractivity contribution in [2.75, 3.05) is 0 Å². The molecule has 0 amide bonds. The fraction of sp³-hybridized carbons (Fsp3) is 0.333. The van der Waals surface area contributed by atoms with Gasteiger partial charge < -0.3 is 10.8 Å². The molecule has 0 radical (unpaired) electrons. The predicted molar refractivity (Wildman–Crippen MR) is 62.8 cm³/mol. The molecule has 13 heavy (non-hydrogen) atoms. The highest BCUT2D eigenvalue weighted by molar-refractivity contribution is 14.1. The van der Waals surface area contributed by atoms with Gasteiger partial charge in [-0.2, -0.15) is 0 Å². The zero-order valence-corrected chi connectivity index (χ0v) is 10.1. The van der Waals surface area contributed by atoms with Crippen LogP contribution in [-0.2, 0) is 0 Å². The fourth-order valence-corrected chi connectivity index (χ4v) is 2.01. The summed E-state index contributed by atoms with van der Waals surface area (Å²) in [6.45, 7) is 1.65. The average molecular weight is 312 g/mol. The number of rotatable bonds is 2. The van der Waals surface area contributed by atoms with Gasteiger partial charge in [0.1, 0.15) is 0 Å². The predicted octanol–water partition coefficient (Wildman–Crippen LogP) is 2.33. The number of hydrogen-bond donors (Lipinski definition) is 2. The van der Waals surface area contributed by atoms with Crippen molar-refractivity contribution in [1.29, 1.82) is 0 Å². The summed E-state index contributed by atoms with van der Waals surface area (Å²) in [6.07, 6.45) is -0.586. The van der Waals surface area contributed by atoms with Crippen LogP contribution in [0.1, 0.15) is 18.5 Å². The molecule has 0 unspecified atom stereocenters. The van der Waals surface area contributed by atoms with Gasteiger partial charge in [0, 0.05) is 8.59 Å². The van der Waals surface area contributed by atoms with Crippen molar-refractivity contribution in [2.24, 2.45) is 5.73 Å². The summed E-state index contributed by atoms with van der Waals surface area (Å²) in [7, 11) is 0. The lowest BCUT2D eigenvalue weighted by molar-refractivity contribution is 0.164. The Bertz CT molecular complexity index is 304. The second-order valence-corrected chi connectivity index (χ2v) is 4.59. The lowest BCUT2D eigenvalue weighted by atomic mass is 10.0. The summed E-state index contributed by atoms with van der Waals surface area (Å²) in [5.41, 5.74) is 6.54. The Morgan fingerprint density at radius 3 is 2.62 bits per heavy atom.